The topological polar surface area (TPSA) is 34.2 Å². The molecule has 1 aromatic heterocycles. The van der Waals surface area contributed by atoms with E-state index in [2.05, 4.69) is 71.8 Å². The first-order valence-electron chi connectivity index (χ1n) is 8.30. The van der Waals surface area contributed by atoms with E-state index in [1.165, 1.54) is 45.3 Å². The van der Waals surface area contributed by atoms with Crippen LogP contribution in [-0.4, -0.2) is 29.8 Å². The highest BCUT2D eigenvalue weighted by Crippen LogP contribution is 2.38. The van der Waals surface area contributed by atoms with Gasteiger partial charge >= 0.3 is 0 Å². The third kappa shape index (κ3) is 2.72. The van der Waals surface area contributed by atoms with Crippen molar-refractivity contribution in [2.24, 2.45) is 5.73 Å². The second-order valence-corrected chi connectivity index (χ2v) is 7.90. The molecule has 1 unspecified atom stereocenters. The van der Waals surface area contributed by atoms with Crippen LogP contribution in [0.2, 0.25) is 0 Å². The third-order valence-corrected chi connectivity index (χ3v) is 6.31. The van der Waals surface area contributed by atoms with E-state index in [4.69, 9.17) is 5.73 Å². The van der Waals surface area contributed by atoms with Crippen molar-refractivity contribution in [3.8, 4) is 0 Å². The lowest BCUT2D eigenvalue weighted by Gasteiger charge is -2.35. The van der Waals surface area contributed by atoms with Crippen molar-refractivity contribution in [3.05, 3.63) is 29.5 Å². The average molecular weight is 421 g/mol. The zero-order valence-electron chi connectivity index (χ0n) is 14.5. The summed E-state index contributed by atoms with van der Waals surface area (Å²) in [5, 5.41) is 1.38. The van der Waals surface area contributed by atoms with Crippen LogP contribution < -0.4 is 16.1 Å². The molecular weight excluding hydrogens is 396 g/mol. The van der Waals surface area contributed by atoms with E-state index >= 15 is 0 Å². The number of allylic oxidation sites excluding steroid dienone is 1. The van der Waals surface area contributed by atoms with Crippen LogP contribution in [0, 0.1) is 13.8 Å². The summed E-state index contributed by atoms with van der Waals surface area (Å²) >= 11 is 2.42. The summed E-state index contributed by atoms with van der Waals surface area (Å²) in [6.45, 7) is 12.8. The van der Waals surface area contributed by atoms with E-state index < -0.39 is 0 Å². The van der Waals surface area contributed by atoms with Crippen LogP contribution in [0.15, 0.2) is 12.6 Å². The fourth-order valence-electron chi connectivity index (χ4n) is 3.80. The van der Waals surface area contributed by atoms with Crippen molar-refractivity contribution in [1.82, 2.24) is 2.78 Å². The number of piperidine rings is 1. The molecule has 1 fully saturated rings. The lowest BCUT2D eigenvalue weighted by molar-refractivity contribution is 0.507. The van der Waals surface area contributed by atoms with Gasteiger partial charge in [-0.25, -0.2) is 0 Å². The number of nitrogens with two attached hydrogens (primary N) is 1. The second kappa shape index (κ2) is 6.17. The van der Waals surface area contributed by atoms with Gasteiger partial charge in [0, 0.05) is 41.5 Å². The summed E-state index contributed by atoms with van der Waals surface area (Å²) in [5.74, 6) is 0. The zero-order chi connectivity index (χ0) is 16.9. The van der Waals surface area contributed by atoms with Gasteiger partial charge in [-0.3, -0.25) is 2.78 Å². The summed E-state index contributed by atoms with van der Waals surface area (Å²) in [6.07, 6.45) is 2.31. The minimum atomic E-state index is 0.280. The average Bonchev–Trinajstić information content (AvgIpc) is 2.71. The first-order chi connectivity index (χ1) is 10.8. The Bertz CT molecular complexity index is 794. The molecule has 3 nitrogen and oxygen atoms in total. The number of hydrogen-bond acceptors (Lipinski definition) is 2. The van der Waals surface area contributed by atoms with Gasteiger partial charge in [-0.05, 0) is 44.7 Å². The van der Waals surface area contributed by atoms with Gasteiger partial charge in [0.1, 0.15) is 7.85 Å². The minimum Gasteiger partial charge on any atom is -0.370 e. The molecule has 0 radical (unpaired) electrons. The first kappa shape index (κ1) is 16.9. The molecule has 0 saturated carbocycles. The van der Waals surface area contributed by atoms with Crippen LogP contribution in [0.3, 0.4) is 0 Å². The van der Waals surface area contributed by atoms with E-state index in [0.29, 0.717) is 0 Å². The highest BCUT2D eigenvalue weighted by Gasteiger charge is 2.25. The molecule has 2 N–H and O–H groups in total. The first-order valence-corrected chi connectivity index (χ1v) is 9.27. The summed E-state index contributed by atoms with van der Waals surface area (Å²) in [5.41, 5.74) is 15.3. The quantitative estimate of drug-likeness (QED) is 0.598. The van der Waals surface area contributed by atoms with Crippen LogP contribution in [-0.2, 0) is 0 Å². The normalized spacial score (nSPS) is 18.7. The molecule has 1 atom stereocenters. The number of fused-ring (bicyclic) bond motifs is 1. The third-order valence-electron chi connectivity index (χ3n) is 5.11. The minimum absolute atomic E-state index is 0.280. The SMILES string of the molecule is Bc1cc(C(=C)C)c2c(c(C)c(C)n2I)c1N1CCCC(N)C1. The monoisotopic (exact) mass is 421 g/mol. The van der Waals surface area contributed by atoms with Crippen molar-refractivity contribution < 1.29 is 0 Å². The molecular formula is C18H25BIN3. The van der Waals surface area contributed by atoms with Crippen LogP contribution in [0.1, 0.15) is 36.6 Å². The number of rotatable bonds is 2. The molecule has 5 heteroatoms. The van der Waals surface area contributed by atoms with Crippen LogP contribution in [0.5, 0.6) is 0 Å². The summed E-state index contributed by atoms with van der Waals surface area (Å²) < 4.78 is 2.29. The molecule has 0 bridgehead atoms. The van der Waals surface area contributed by atoms with Crippen molar-refractivity contribution in [2.45, 2.75) is 39.7 Å². The van der Waals surface area contributed by atoms with Crippen molar-refractivity contribution in [2.75, 3.05) is 18.0 Å². The highest BCUT2D eigenvalue weighted by atomic mass is 127. The number of aromatic nitrogens is 1. The van der Waals surface area contributed by atoms with Gasteiger partial charge in [-0.1, -0.05) is 18.1 Å². The number of nitrogens with zero attached hydrogens (tertiary/aromatic N) is 2. The molecule has 3 rings (SSSR count). The molecule has 1 aliphatic rings. The van der Waals surface area contributed by atoms with E-state index in [1.54, 1.807) is 0 Å². The molecule has 0 aliphatic carbocycles. The van der Waals surface area contributed by atoms with E-state index in [0.717, 1.165) is 25.1 Å². The molecule has 2 aromatic rings. The Labute approximate surface area is 153 Å². The van der Waals surface area contributed by atoms with Gasteiger partial charge in [-0.15, -0.1) is 0 Å². The Balaban J connectivity index is 2.34. The predicted octanol–water partition coefficient (Wildman–Crippen LogP) is 2.68. The standard InChI is InChI=1S/C18H25BIN3/c1-10(2)14-8-15(19)18(22-7-5-6-13(21)9-22)16-11(3)12(4)23(20)17(14)16/h8,13H,1,5-7,9,19,21H2,2-4H3. The van der Waals surface area contributed by atoms with Gasteiger partial charge in [-0.2, -0.15) is 0 Å². The molecule has 23 heavy (non-hydrogen) atoms. The highest BCUT2D eigenvalue weighted by molar-refractivity contribution is 14.1. The largest absolute Gasteiger partial charge is 0.370 e. The Kier molecular flexibility index (Phi) is 4.53. The lowest BCUT2D eigenvalue weighted by atomic mass is 9.86. The summed E-state index contributed by atoms with van der Waals surface area (Å²) in [6, 6.07) is 2.58. The molecule has 0 amide bonds. The number of anilines is 1. The number of halogens is 1. The van der Waals surface area contributed by atoms with Gasteiger partial charge in [0.2, 0.25) is 0 Å². The maximum absolute atomic E-state index is 6.25. The lowest BCUT2D eigenvalue weighted by Crippen LogP contribution is -2.44. The number of aryl methyl sites for hydroxylation is 1. The second-order valence-electron chi connectivity index (χ2n) is 6.93. The Morgan fingerprint density at radius 3 is 2.74 bits per heavy atom. The van der Waals surface area contributed by atoms with Gasteiger partial charge in [0.15, 0.2) is 0 Å². The maximum Gasteiger partial charge on any atom is 0.142 e. The fourth-order valence-corrected chi connectivity index (χ4v) is 4.66. The van der Waals surface area contributed by atoms with Crippen molar-refractivity contribution >= 4 is 58.3 Å². The van der Waals surface area contributed by atoms with Gasteiger partial charge < -0.3 is 10.6 Å². The Morgan fingerprint density at radius 2 is 2.13 bits per heavy atom. The molecule has 1 saturated heterocycles. The van der Waals surface area contributed by atoms with Crippen LogP contribution in [0.25, 0.3) is 16.5 Å². The van der Waals surface area contributed by atoms with Crippen LogP contribution >= 0.6 is 22.9 Å². The molecule has 0 spiro atoms. The van der Waals surface area contributed by atoms with E-state index in [1.807, 2.05) is 0 Å². The number of benzene rings is 1. The Hall–Kier alpha value is -0.945. The van der Waals surface area contributed by atoms with E-state index in [-0.39, 0.29) is 6.04 Å². The smallest absolute Gasteiger partial charge is 0.142 e. The van der Waals surface area contributed by atoms with Gasteiger partial charge in [0.05, 0.1) is 28.4 Å². The summed E-state index contributed by atoms with van der Waals surface area (Å²) in [4.78, 5) is 2.50. The summed E-state index contributed by atoms with van der Waals surface area (Å²) in [7, 11) is 2.22. The fraction of sp³-hybridized carbons (Fsp3) is 0.444. The Morgan fingerprint density at radius 1 is 1.43 bits per heavy atom. The van der Waals surface area contributed by atoms with Gasteiger partial charge in [0.25, 0.3) is 0 Å². The molecule has 122 valence electrons. The maximum atomic E-state index is 6.25. The van der Waals surface area contributed by atoms with Crippen molar-refractivity contribution in [3.63, 3.8) is 0 Å². The molecule has 1 aliphatic heterocycles. The molecule has 2 heterocycles. The predicted molar refractivity (Wildman–Crippen MR) is 113 cm³/mol. The van der Waals surface area contributed by atoms with E-state index in [9.17, 15) is 0 Å². The van der Waals surface area contributed by atoms with Crippen LogP contribution in [0.4, 0.5) is 5.69 Å². The zero-order valence-corrected chi connectivity index (χ0v) is 16.7. The molecule has 1 aromatic carbocycles. The van der Waals surface area contributed by atoms with Crippen molar-refractivity contribution in [1.29, 1.82) is 0 Å². The number of hydrogen-bond donors (Lipinski definition) is 1.